The van der Waals surface area contributed by atoms with Crippen molar-refractivity contribution in [2.24, 2.45) is 0 Å². The standard InChI is InChI=1S/C23H26N4O2/c1-3-4-16-27(2)20-9-7-19(8-10-20)23(28)26-22-21(6-5-13-25-22)29-17-18-11-14-24-15-12-18/h5-15H,3-4,16-17H2,1-2H3,(H,25,26,28). The summed E-state index contributed by atoms with van der Waals surface area (Å²) in [6.45, 7) is 3.54. The molecule has 0 spiro atoms. The van der Waals surface area contributed by atoms with Crippen LogP contribution in [0.2, 0.25) is 0 Å². The van der Waals surface area contributed by atoms with Crippen LogP contribution < -0.4 is 15.0 Å². The van der Waals surface area contributed by atoms with Crippen LogP contribution in [0.25, 0.3) is 0 Å². The Kier molecular flexibility index (Phi) is 7.16. The highest BCUT2D eigenvalue weighted by Crippen LogP contribution is 2.23. The second-order valence-electron chi connectivity index (χ2n) is 6.77. The predicted molar refractivity (Wildman–Crippen MR) is 115 cm³/mol. The van der Waals surface area contributed by atoms with Crippen molar-refractivity contribution in [1.29, 1.82) is 0 Å². The normalized spacial score (nSPS) is 10.4. The minimum absolute atomic E-state index is 0.222. The maximum Gasteiger partial charge on any atom is 0.256 e. The lowest BCUT2D eigenvalue weighted by atomic mass is 10.1. The monoisotopic (exact) mass is 390 g/mol. The molecule has 0 unspecified atom stereocenters. The van der Waals surface area contributed by atoms with Gasteiger partial charge in [-0.15, -0.1) is 0 Å². The lowest BCUT2D eigenvalue weighted by Crippen LogP contribution is -2.18. The van der Waals surface area contributed by atoms with E-state index in [1.165, 1.54) is 0 Å². The minimum atomic E-state index is -0.222. The van der Waals surface area contributed by atoms with Crippen LogP contribution in [0, 0.1) is 0 Å². The Labute approximate surface area is 171 Å². The molecule has 0 bridgehead atoms. The Hall–Kier alpha value is -3.41. The van der Waals surface area contributed by atoms with Crippen LogP contribution in [-0.4, -0.2) is 29.5 Å². The number of ether oxygens (including phenoxy) is 1. The molecule has 0 aliphatic heterocycles. The summed E-state index contributed by atoms with van der Waals surface area (Å²) in [5.41, 5.74) is 2.65. The van der Waals surface area contributed by atoms with E-state index in [1.54, 1.807) is 30.7 Å². The maximum atomic E-state index is 12.7. The van der Waals surface area contributed by atoms with Gasteiger partial charge >= 0.3 is 0 Å². The number of anilines is 2. The highest BCUT2D eigenvalue weighted by atomic mass is 16.5. The van der Waals surface area contributed by atoms with Crippen LogP contribution in [-0.2, 0) is 6.61 Å². The molecule has 3 rings (SSSR count). The summed E-state index contributed by atoms with van der Waals surface area (Å²) in [5.74, 6) is 0.699. The second-order valence-corrected chi connectivity index (χ2v) is 6.77. The second kappa shape index (κ2) is 10.2. The topological polar surface area (TPSA) is 67.4 Å². The summed E-state index contributed by atoms with van der Waals surface area (Å²) in [4.78, 5) is 23.1. The van der Waals surface area contributed by atoms with Crippen LogP contribution in [0.4, 0.5) is 11.5 Å². The first kappa shape index (κ1) is 20.3. The van der Waals surface area contributed by atoms with Crippen molar-refractivity contribution in [3.8, 4) is 5.75 Å². The Balaban J connectivity index is 1.64. The zero-order chi connectivity index (χ0) is 20.5. The first-order valence-corrected chi connectivity index (χ1v) is 9.76. The van der Waals surface area contributed by atoms with Crippen LogP contribution in [0.1, 0.15) is 35.7 Å². The van der Waals surface area contributed by atoms with E-state index >= 15 is 0 Å². The van der Waals surface area contributed by atoms with E-state index in [0.717, 1.165) is 30.6 Å². The number of pyridine rings is 2. The fourth-order valence-corrected chi connectivity index (χ4v) is 2.81. The average molecular weight is 390 g/mol. The first-order chi connectivity index (χ1) is 14.2. The molecule has 29 heavy (non-hydrogen) atoms. The average Bonchev–Trinajstić information content (AvgIpc) is 2.77. The van der Waals surface area contributed by atoms with Crippen LogP contribution in [0.15, 0.2) is 67.1 Å². The van der Waals surface area contributed by atoms with Gasteiger partial charge in [0.15, 0.2) is 11.6 Å². The van der Waals surface area contributed by atoms with Gasteiger partial charge in [-0.25, -0.2) is 4.98 Å². The minimum Gasteiger partial charge on any atom is -0.485 e. The third-order valence-electron chi connectivity index (χ3n) is 4.56. The number of carbonyl (C=O) groups is 1. The molecule has 150 valence electrons. The van der Waals surface area contributed by atoms with Crippen molar-refractivity contribution in [3.05, 3.63) is 78.2 Å². The molecule has 2 aromatic heterocycles. The van der Waals surface area contributed by atoms with Gasteiger partial charge in [0, 0.05) is 43.4 Å². The third kappa shape index (κ3) is 5.78. The Bertz CT molecular complexity index is 914. The molecule has 0 aliphatic carbocycles. The first-order valence-electron chi connectivity index (χ1n) is 9.76. The Morgan fingerprint density at radius 1 is 1.07 bits per heavy atom. The molecule has 0 fully saturated rings. The number of nitrogens with zero attached hydrogens (tertiary/aromatic N) is 3. The van der Waals surface area contributed by atoms with Crippen molar-refractivity contribution in [2.45, 2.75) is 26.4 Å². The van der Waals surface area contributed by atoms with Gasteiger partial charge < -0.3 is 15.0 Å². The summed E-state index contributed by atoms with van der Waals surface area (Å²) in [7, 11) is 2.06. The summed E-state index contributed by atoms with van der Waals surface area (Å²) >= 11 is 0. The largest absolute Gasteiger partial charge is 0.485 e. The van der Waals surface area contributed by atoms with Gasteiger partial charge in [-0.05, 0) is 60.5 Å². The van der Waals surface area contributed by atoms with E-state index in [4.69, 9.17) is 4.74 Å². The number of nitrogens with one attached hydrogen (secondary N) is 1. The van der Waals surface area contributed by atoms with E-state index in [9.17, 15) is 4.79 Å². The van der Waals surface area contributed by atoms with Gasteiger partial charge in [-0.3, -0.25) is 9.78 Å². The summed E-state index contributed by atoms with van der Waals surface area (Å²) in [5, 5.41) is 2.85. The Morgan fingerprint density at radius 2 is 1.83 bits per heavy atom. The van der Waals surface area contributed by atoms with Crippen molar-refractivity contribution in [2.75, 3.05) is 23.8 Å². The lowest BCUT2D eigenvalue weighted by molar-refractivity contribution is 0.102. The molecule has 0 saturated carbocycles. The van der Waals surface area contributed by atoms with Gasteiger partial charge in [-0.1, -0.05) is 13.3 Å². The molecular formula is C23H26N4O2. The van der Waals surface area contributed by atoms with E-state index in [-0.39, 0.29) is 5.91 Å². The number of hydrogen-bond donors (Lipinski definition) is 1. The molecule has 0 saturated heterocycles. The third-order valence-corrected chi connectivity index (χ3v) is 4.56. The molecule has 1 aromatic carbocycles. The molecule has 6 nitrogen and oxygen atoms in total. The van der Waals surface area contributed by atoms with E-state index in [2.05, 4.69) is 34.2 Å². The highest BCUT2D eigenvalue weighted by molar-refractivity contribution is 6.04. The smallest absolute Gasteiger partial charge is 0.256 e. The molecular weight excluding hydrogens is 364 g/mol. The summed E-state index contributed by atoms with van der Waals surface area (Å²) in [6.07, 6.45) is 7.35. The number of amides is 1. The van der Waals surface area contributed by atoms with Crippen LogP contribution >= 0.6 is 0 Å². The molecule has 0 radical (unpaired) electrons. The fourth-order valence-electron chi connectivity index (χ4n) is 2.81. The number of benzene rings is 1. The van der Waals surface area contributed by atoms with Crippen LogP contribution in [0.5, 0.6) is 5.75 Å². The van der Waals surface area contributed by atoms with Gasteiger partial charge in [0.1, 0.15) is 6.61 Å². The van der Waals surface area contributed by atoms with E-state index in [1.807, 2.05) is 36.4 Å². The van der Waals surface area contributed by atoms with Gasteiger partial charge in [0.2, 0.25) is 0 Å². The quantitative estimate of drug-likeness (QED) is 0.581. The van der Waals surface area contributed by atoms with Crippen molar-refractivity contribution in [1.82, 2.24) is 9.97 Å². The van der Waals surface area contributed by atoms with Crippen molar-refractivity contribution < 1.29 is 9.53 Å². The van der Waals surface area contributed by atoms with E-state index < -0.39 is 0 Å². The predicted octanol–water partition coefficient (Wildman–Crippen LogP) is 4.54. The summed E-state index contributed by atoms with van der Waals surface area (Å²) in [6, 6.07) is 14.9. The number of carbonyl (C=O) groups excluding carboxylic acids is 1. The molecule has 2 heterocycles. The molecule has 1 amide bonds. The van der Waals surface area contributed by atoms with Gasteiger partial charge in [0.05, 0.1) is 0 Å². The van der Waals surface area contributed by atoms with Crippen LogP contribution in [0.3, 0.4) is 0 Å². The lowest BCUT2D eigenvalue weighted by Gasteiger charge is -2.19. The molecule has 6 heteroatoms. The molecule has 0 aliphatic rings. The number of aromatic nitrogens is 2. The maximum absolute atomic E-state index is 12.7. The summed E-state index contributed by atoms with van der Waals surface area (Å²) < 4.78 is 5.84. The zero-order valence-electron chi connectivity index (χ0n) is 16.8. The zero-order valence-corrected chi connectivity index (χ0v) is 16.8. The number of hydrogen-bond acceptors (Lipinski definition) is 5. The Morgan fingerprint density at radius 3 is 2.55 bits per heavy atom. The van der Waals surface area contributed by atoms with E-state index in [0.29, 0.717) is 23.7 Å². The fraction of sp³-hybridized carbons (Fsp3) is 0.261. The highest BCUT2D eigenvalue weighted by Gasteiger charge is 2.12. The van der Waals surface area contributed by atoms with Gasteiger partial charge in [-0.2, -0.15) is 0 Å². The molecule has 3 aromatic rings. The SMILES string of the molecule is CCCCN(C)c1ccc(C(=O)Nc2ncccc2OCc2ccncc2)cc1. The number of unbranched alkanes of at least 4 members (excludes halogenated alkanes) is 1. The van der Waals surface area contributed by atoms with Crippen molar-refractivity contribution in [3.63, 3.8) is 0 Å². The molecule has 0 atom stereocenters. The number of rotatable bonds is 9. The van der Waals surface area contributed by atoms with Gasteiger partial charge in [0.25, 0.3) is 5.91 Å². The molecule has 1 N–H and O–H groups in total. The van der Waals surface area contributed by atoms with Crippen molar-refractivity contribution >= 4 is 17.4 Å².